The molecule has 2 aromatic heterocycles. The van der Waals surface area contributed by atoms with E-state index in [9.17, 15) is 15.2 Å². The Balaban J connectivity index is 2.17. The van der Waals surface area contributed by atoms with Crippen LogP contribution in [0.3, 0.4) is 0 Å². The van der Waals surface area contributed by atoms with Crippen molar-refractivity contribution in [3.8, 4) is 6.07 Å². The van der Waals surface area contributed by atoms with Crippen LogP contribution in [0.15, 0.2) is 58.9 Å². The van der Waals surface area contributed by atoms with Crippen molar-refractivity contribution in [2.45, 2.75) is 12.0 Å². The first kappa shape index (κ1) is 13.3. The Morgan fingerprint density at radius 1 is 1.33 bits per heavy atom. The number of hydrogen-bond donors (Lipinski definition) is 2. The Bertz CT molecular complexity index is 732. The number of thiophene rings is 1. The fraction of sp³-hybridized carbons (Fsp3) is 0.133. The van der Waals surface area contributed by atoms with Gasteiger partial charge < -0.3 is 5.11 Å². The molecule has 2 atom stereocenters. The van der Waals surface area contributed by atoms with E-state index >= 15 is 0 Å². The first-order valence-corrected chi connectivity index (χ1v) is 7.28. The van der Waals surface area contributed by atoms with Crippen LogP contribution in [0.4, 0.5) is 0 Å². The lowest BCUT2D eigenvalue weighted by Crippen LogP contribution is -2.53. The first-order chi connectivity index (χ1) is 10.2. The standard InChI is InChI=1S/C15H11N3O2S/c16-8-11-12(10-4-7-21-9-10)13(15(20)17-14(11)19)18-5-2-1-3-6-18/h1-7,9,12-13H,(H-,17,19,20)/p+1/t12-,13+/m0/s1. The van der Waals surface area contributed by atoms with Crippen LogP contribution in [0, 0.1) is 11.3 Å². The second-order valence-electron chi connectivity index (χ2n) is 4.67. The van der Waals surface area contributed by atoms with E-state index < -0.39 is 12.0 Å². The molecular formula is C15H12N3O2S+. The number of amides is 1. The average Bonchev–Trinajstić information content (AvgIpc) is 3.01. The van der Waals surface area contributed by atoms with Gasteiger partial charge in [-0.1, -0.05) is 6.07 Å². The van der Waals surface area contributed by atoms with E-state index in [1.165, 1.54) is 11.3 Å². The Morgan fingerprint density at radius 3 is 2.71 bits per heavy atom. The molecule has 1 aliphatic heterocycles. The van der Waals surface area contributed by atoms with Crippen LogP contribution in [0.25, 0.3) is 0 Å². The number of rotatable bonds is 2. The van der Waals surface area contributed by atoms with E-state index in [0.717, 1.165) is 5.56 Å². The second-order valence-corrected chi connectivity index (χ2v) is 5.45. The third-order valence-electron chi connectivity index (χ3n) is 3.47. The van der Waals surface area contributed by atoms with Crippen molar-refractivity contribution in [3.05, 3.63) is 64.4 Å². The van der Waals surface area contributed by atoms with Crippen LogP contribution in [-0.2, 0) is 4.79 Å². The summed E-state index contributed by atoms with van der Waals surface area (Å²) in [5.74, 6) is -1.19. The van der Waals surface area contributed by atoms with Gasteiger partial charge in [0.15, 0.2) is 12.4 Å². The summed E-state index contributed by atoms with van der Waals surface area (Å²) in [6.07, 6.45) is 3.56. The van der Waals surface area contributed by atoms with Crippen LogP contribution in [0.1, 0.15) is 17.5 Å². The van der Waals surface area contributed by atoms with Gasteiger partial charge in [-0.3, -0.25) is 10.1 Å². The molecule has 0 spiro atoms. The lowest BCUT2D eigenvalue weighted by molar-refractivity contribution is -0.711. The van der Waals surface area contributed by atoms with Gasteiger partial charge in [0.05, 0.1) is 5.92 Å². The van der Waals surface area contributed by atoms with Crippen LogP contribution in [0.2, 0.25) is 0 Å². The minimum Gasteiger partial charge on any atom is -0.494 e. The lowest BCUT2D eigenvalue weighted by Gasteiger charge is -2.26. The van der Waals surface area contributed by atoms with Crippen molar-refractivity contribution < 1.29 is 14.5 Å². The van der Waals surface area contributed by atoms with E-state index in [2.05, 4.69) is 5.32 Å². The number of carbonyl (C=O) groups excluding carboxylic acids is 1. The van der Waals surface area contributed by atoms with E-state index in [1.54, 1.807) is 17.0 Å². The number of hydrogen-bond acceptors (Lipinski definition) is 4. The summed E-state index contributed by atoms with van der Waals surface area (Å²) in [5.41, 5.74) is 1.02. The zero-order valence-electron chi connectivity index (χ0n) is 10.9. The molecule has 2 aromatic rings. The van der Waals surface area contributed by atoms with Gasteiger partial charge in [-0.15, -0.1) is 0 Å². The zero-order chi connectivity index (χ0) is 14.8. The Morgan fingerprint density at radius 2 is 2.10 bits per heavy atom. The average molecular weight is 298 g/mol. The Hall–Kier alpha value is -2.65. The van der Waals surface area contributed by atoms with Gasteiger partial charge in [-0.05, 0) is 22.4 Å². The topological polar surface area (TPSA) is 77.0 Å². The number of allylic oxidation sites excluding steroid dienone is 1. The molecule has 0 aromatic carbocycles. The smallest absolute Gasteiger partial charge is 0.296 e. The molecule has 1 aliphatic rings. The van der Waals surface area contributed by atoms with Crippen LogP contribution >= 0.6 is 11.3 Å². The van der Waals surface area contributed by atoms with Crippen LogP contribution in [-0.4, -0.2) is 11.0 Å². The van der Waals surface area contributed by atoms with Crippen molar-refractivity contribution >= 4 is 17.2 Å². The van der Waals surface area contributed by atoms with Gasteiger partial charge in [0, 0.05) is 12.1 Å². The molecule has 2 N–H and O–H groups in total. The molecule has 0 unspecified atom stereocenters. The monoisotopic (exact) mass is 298 g/mol. The molecule has 0 saturated carbocycles. The molecule has 3 heterocycles. The molecule has 6 heteroatoms. The minimum absolute atomic E-state index is 0.175. The summed E-state index contributed by atoms with van der Waals surface area (Å²) in [6, 6.07) is 8.78. The Kier molecular flexibility index (Phi) is 3.42. The fourth-order valence-corrected chi connectivity index (χ4v) is 3.24. The summed E-state index contributed by atoms with van der Waals surface area (Å²) >= 11 is 1.49. The molecule has 104 valence electrons. The minimum atomic E-state index is -0.605. The maximum atomic E-state index is 12.3. The van der Waals surface area contributed by atoms with E-state index in [1.807, 2.05) is 41.1 Å². The van der Waals surface area contributed by atoms with Gasteiger partial charge in [-0.25, -0.2) is 0 Å². The molecule has 0 bridgehead atoms. The number of aliphatic hydroxyl groups is 1. The van der Waals surface area contributed by atoms with Crippen LogP contribution in [0.5, 0.6) is 0 Å². The SMILES string of the molecule is N#CC1=C(O)NC(=O)[C@H]([n+]2ccccc2)[C@H]1c1ccsc1. The summed E-state index contributed by atoms with van der Waals surface area (Å²) in [6.45, 7) is 0. The largest absolute Gasteiger partial charge is 0.494 e. The van der Waals surface area contributed by atoms with Crippen LogP contribution < -0.4 is 9.88 Å². The predicted molar refractivity (Wildman–Crippen MR) is 76.1 cm³/mol. The van der Waals surface area contributed by atoms with Gasteiger partial charge in [0.25, 0.3) is 5.91 Å². The number of aliphatic hydroxyl groups excluding tert-OH is 1. The third kappa shape index (κ3) is 2.28. The Labute approximate surface area is 125 Å². The summed E-state index contributed by atoms with van der Waals surface area (Å²) in [7, 11) is 0. The summed E-state index contributed by atoms with van der Waals surface area (Å²) in [4.78, 5) is 12.3. The second kappa shape index (κ2) is 5.38. The number of aromatic nitrogens is 1. The van der Waals surface area contributed by atoms with E-state index in [4.69, 9.17) is 0 Å². The quantitative estimate of drug-likeness (QED) is 0.830. The third-order valence-corrected chi connectivity index (χ3v) is 4.18. The number of carbonyl (C=O) groups is 1. The van der Waals surface area contributed by atoms with Crippen molar-refractivity contribution in [1.82, 2.24) is 5.32 Å². The number of nitrogens with one attached hydrogen (secondary N) is 1. The van der Waals surface area contributed by atoms with E-state index in [0.29, 0.717) is 0 Å². The number of nitriles is 1. The zero-order valence-corrected chi connectivity index (χ0v) is 11.7. The molecule has 21 heavy (non-hydrogen) atoms. The highest BCUT2D eigenvalue weighted by atomic mass is 32.1. The highest BCUT2D eigenvalue weighted by molar-refractivity contribution is 7.08. The summed E-state index contributed by atoms with van der Waals surface area (Å²) < 4.78 is 1.75. The maximum absolute atomic E-state index is 12.3. The number of nitrogens with zero attached hydrogens (tertiary/aromatic N) is 2. The number of pyridine rings is 1. The highest BCUT2D eigenvalue weighted by Crippen LogP contribution is 2.37. The molecule has 1 amide bonds. The molecule has 0 radical (unpaired) electrons. The van der Waals surface area contributed by atoms with Gasteiger partial charge in [-0.2, -0.15) is 21.2 Å². The predicted octanol–water partition coefficient (Wildman–Crippen LogP) is 1.78. The van der Waals surface area contributed by atoms with E-state index in [-0.39, 0.29) is 17.4 Å². The van der Waals surface area contributed by atoms with Crippen molar-refractivity contribution in [1.29, 1.82) is 5.26 Å². The molecule has 5 nitrogen and oxygen atoms in total. The normalized spacial score (nSPS) is 21.8. The molecular weight excluding hydrogens is 286 g/mol. The molecule has 0 fully saturated rings. The van der Waals surface area contributed by atoms with Gasteiger partial charge >= 0.3 is 0 Å². The van der Waals surface area contributed by atoms with Gasteiger partial charge in [0.1, 0.15) is 11.6 Å². The highest BCUT2D eigenvalue weighted by Gasteiger charge is 2.45. The summed E-state index contributed by atoms with van der Waals surface area (Å²) in [5, 5.41) is 25.4. The maximum Gasteiger partial charge on any atom is 0.296 e. The fourth-order valence-electron chi connectivity index (χ4n) is 2.54. The lowest BCUT2D eigenvalue weighted by atomic mass is 9.84. The first-order valence-electron chi connectivity index (χ1n) is 6.34. The molecule has 0 saturated heterocycles. The van der Waals surface area contributed by atoms with Crippen molar-refractivity contribution in [3.63, 3.8) is 0 Å². The van der Waals surface area contributed by atoms with Gasteiger partial charge in [0.2, 0.25) is 11.9 Å². The molecule has 3 rings (SSSR count). The van der Waals surface area contributed by atoms with Crippen molar-refractivity contribution in [2.24, 2.45) is 0 Å². The van der Waals surface area contributed by atoms with Crippen molar-refractivity contribution in [2.75, 3.05) is 0 Å². The molecule has 0 aliphatic carbocycles.